The van der Waals surface area contributed by atoms with Gasteiger partial charge in [-0.15, -0.1) is 24.0 Å². The Labute approximate surface area is 157 Å². The predicted octanol–water partition coefficient (Wildman–Crippen LogP) is 2.71. The van der Waals surface area contributed by atoms with E-state index in [0.717, 1.165) is 36.9 Å². The smallest absolute Gasteiger partial charge is 0.191 e. The molecule has 1 aromatic carbocycles. The SMILES string of the molecule is CCN(CCNC(=NC)NCc1ccccc1OC)C(C)C.I. The summed E-state index contributed by atoms with van der Waals surface area (Å²) >= 11 is 0. The molecule has 0 heterocycles. The monoisotopic (exact) mass is 434 g/mol. The Morgan fingerprint density at radius 2 is 1.96 bits per heavy atom. The number of halogens is 1. The Morgan fingerprint density at radius 1 is 1.26 bits per heavy atom. The fraction of sp³-hybridized carbons (Fsp3) is 0.588. The molecule has 6 heteroatoms. The minimum atomic E-state index is 0. The summed E-state index contributed by atoms with van der Waals surface area (Å²) in [4.78, 5) is 6.68. The number of nitrogens with zero attached hydrogens (tertiary/aromatic N) is 2. The van der Waals surface area contributed by atoms with Gasteiger partial charge in [0.05, 0.1) is 7.11 Å². The minimum absolute atomic E-state index is 0. The molecule has 0 amide bonds. The van der Waals surface area contributed by atoms with E-state index in [0.29, 0.717) is 12.6 Å². The molecule has 0 unspecified atom stereocenters. The van der Waals surface area contributed by atoms with Gasteiger partial charge >= 0.3 is 0 Å². The van der Waals surface area contributed by atoms with Crippen molar-refractivity contribution in [3.63, 3.8) is 0 Å². The summed E-state index contributed by atoms with van der Waals surface area (Å²) < 4.78 is 5.36. The number of aliphatic imine (C=N–C) groups is 1. The van der Waals surface area contributed by atoms with Crippen LogP contribution >= 0.6 is 24.0 Å². The molecule has 23 heavy (non-hydrogen) atoms. The van der Waals surface area contributed by atoms with Crippen molar-refractivity contribution in [1.29, 1.82) is 0 Å². The van der Waals surface area contributed by atoms with Gasteiger partial charge in [0.25, 0.3) is 0 Å². The van der Waals surface area contributed by atoms with Gasteiger partial charge in [0.15, 0.2) is 5.96 Å². The van der Waals surface area contributed by atoms with Crippen molar-refractivity contribution in [2.45, 2.75) is 33.4 Å². The molecule has 1 rings (SSSR count). The van der Waals surface area contributed by atoms with Gasteiger partial charge in [0.1, 0.15) is 5.75 Å². The third-order valence-electron chi connectivity index (χ3n) is 3.69. The zero-order valence-corrected chi connectivity index (χ0v) is 17.3. The number of guanidine groups is 1. The molecule has 0 bridgehead atoms. The van der Waals surface area contributed by atoms with Gasteiger partial charge in [-0.05, 0) is 26.5 Å². The van der Waals surface area contributed by atoms with Crippen LogP contribution in [0.3, 0.4) is 0 Å². The van der Waals surface area contributed by atoms with E-state index >= 15 is 0 Å². The fourth-order valence-electron chi connectivity index (χ4n) is 2.35. The van der Waals surface area contributed by atoms with E-state index in [1.54, 1.807) is 14.2 Å². The second-order valence-corrected chi connectivity index (χ2v) is 5.39. The van der Waals surface area contributed by atoms with Crippen LogP contribution in [-0.4, -0.2) is 50.7 Å². The normalized spacial score (nSPS) is 11.3. The molecular formula is C17H31IN4O. The Hall–Kier alpha value is -1.02. The highest BCUT2D eigenvalue weighted by molar-refractivity contribution is 14.0. The maximum atomic E-state index is 5.36. The van der Waals surface area contributed by atoms with Crippen LogP contribution in [0.25, 0.3) is 0 Å². The Morgan fingerprint density at radius 3 is 2.52 bits per heavy atom. The Kier molecular flexibility index (Phi) is 11.9. The average molecular weight is 434 g/mol. The number of hydrogen-bond acceptors (Lipinski definition) is 3. The highest BCUT2D eigenvalue weighted by Gasteiger charge is 2.07. The zero-order chi connectivity index (χ0) is 16.4. The van der Waals surface area contributed by atoms with Gasteiger partial charge < -0.3 is 15.4 Å². The first-order valence-corrected chi connectivity index (χ1v) is 7.92. The summed E-state index contributed by atoms with van der Waals surface area (Å²) in [6, 6.07) is 8.57. The second-order valence-electron chi connectivity index (χ2n) is 5.39. The van der Waals surface area contributed by atoms with Crippen LogP contribution in [-0.2, 0) is 6.54 Å². The molecule has 0 atom stereocenters. The van der Waals surface area contributed by atoms with Crippen LogP contribution < -0.4 is 15.4 Å². The molecule has 2 N–H and O–H groups in total. The lowest BCUT2D eigenvalue weighted by Crippen LogP contribution is -2.42. The minimum Gasteiger partial charge on any atom is -0.496 e. The first-order chi connectivity index (χ1) is 10.6. The van der Waals surface area contributed by atoms with E-state index < -0.39 is 0 Å². The molecule has 5 nitrogen and oxygen atoms in total. The fourth-order valence-corrected chi connectivity index (χ4v) is 2.35. The number of ether oxygens (including phenoxy) is 1. The van der Waals surface area contributed by atoms with Crippen LogP contribution in [0.15, 0.2) is 29.3 Å². The summed E-state index contributed by atoms with van der Waals surface area (Å²) in [5.74, 6) is 1.70. The van der Waals surface area contributed by atoms with Gasteiger partial charge in [-0.25, -0.2) is 0 Å². The topological polar surface area (TPSA) is 48.9 Å². The van der Waals surface area contributed by atoms with Crippen molar-refractivity contribution >= 4 is 29.9 Å². The van der Waals surface area contributed by atoms with E-state index in [4.69, 9.17) is 4.74 Å². The van der Waals surface area contributed by atoms with Crippen molar-refractivity contribution in [3.8, 4) is 5.75 Å². The van der Waals surface area contributed by atoms with Crippen LogP contribution in [0.1, 0.15) is 26.3 Å². The molecule has 0 aliphatic heterocycles. The Balaban J connectivity index is 0.00000484. The van der Waals surface area contributed by atoms with E-state index in [1.807, 2.05) is 18.2 Å². The van der Waals surface area contributed by atoms with E-state index in [1.165, 1.54) is 0 Å². The third kappa shape index (κ3) is 7.87. The zero-order valence-electron chi connectivity index (χ0n) is 14.9. The number of likely N-dealkylation sites (N-methyl/N-ethyl adjacent to an activating group) is 1. The first-order valence-electron chi connectivity index (χ1n) is 7.92. The third-order valence-corrected chi connectivity index (χ3v) is 3.69. The summed E-state index contributed by atoms with van der Waals surface area (Å²) in [6.45, 7) is 10.3. The summed E-state index contributed by atoms with van der Waals surface area (Å²) in [5, 5.41) is 6.67. The van der Waals surface area contributed by atoms with Crippen LogP contribution in [0.2, 0.25) is 0 Å². The van der Waals surface area contributed by atoms with Crippen molar-refractivity contribution in [3.05, 3.63) is 29.8 Å². The van der Waals surface area contributed by atoms with Crippen molar-refractivity contribution in [2.75, 3.05) is 33.8 Å². The van der Waals surface area contributed by atoms with Gasteiger partial charge in [-0.1, -0.05) is 25.1 Å². The number of methoxy groups -OCH3 is 1. The molecule has 0 radical (unpaired) electrons. The molecule has 0 spiro atoms. The van der Waals surface area contributed by atoms with Gasteiger partial charge in [0, 0.05) is 38.3 Å². The average Bonchev–Trinajstić information content (AvgIpc) is 2.54. The molecule has 1 aromatic rings. The predicted molar refractivity (Wildman–Crippen MR) is 109 cm³/mol. The summed E-state index contributed by atoms with van der Waals surface area (Å²) in [5.41, 5.74) is 1.12. The molecule has 0 fully saturated rings. The highest BCUT2D eigenvalue weighted by atomic mass is 127. The molecule has 0 aliphatic rings. The van der Waals surface area contributed by atoms with Crippen LogP contribution in [0, 0.1) is 0 Å². The number of rotatable bonds is 8. The molecule has 132 valence electrons. The second kappa shape index (κ2) is 12.4. The van der Waals surface area contributed by atoms with E-state index in [2.05, 4.69) is 47.4 Å². The number of para-hydroxylation sites is 1. The number of benzene rings is 1. The summed E-state index contributed by atoms with van der Waals surface area (Å²) in [6.07, 6.45) is 0. The van der Waals surface area contributed by atoms with Crippen LogP contribution in [0.5, 0.6) is 5.75 Å². The maximum Gasteiger partial charge on any atom is 0.191 e. The lowest BCUT2D eigenvalue weighted by Gasteiger charge is -2.25. The summed E-state index contributed by atoms with van der Waals surface area (Å²) in [7, 11) is 3.48. The van der Waals surface area contributed by atoms with Crippen molar-refractivity contribution < 1.29 is 4.74 Å². The molecule has 0 saturated heterocycles. The number of hydrogen-bond donors (Lipinski definition) is 2. The molecule has 0 aliphatic carbocycles. The van der Waals surface area contributed by atoms with E-state index in [-0.39, 0.29) is 24.0 Å². The van der Waals surface area contributed by atoms with Gasteiger partial charge in [-0.2, -0.15) is 0 Å². The van der Waals surface area contributed by atoms with Crippen LogP contribution in [0.4, 0.5) is 0 Å². The largest absolute Gasteiger partial charge is 0.496 e. The van der Waals surface area contributed by atoms with Crippen molar-refractivity contribution in [1.82, 2.24) is 15.5 Å². The standard InChI is InChI=1S/C17H30N4O.HI/c1-6-21(14(2)3)12-11-19-17(18-4)20-13-15-9-7-8-10-16(15)22-5;/h7-10,14H,6,11-13H2,1-5H3,(H2,18,19,20);1H. The van der Waals surface area contributed by atoms with Gasteiger partial charge in [-0.3, -0.25) is 9.89 Å². The van der Waals surface area contributed by atoms with Gasteiger partial charge in [0.2, 0.25) is 0 Å². The molecular weight excluding hydrogens is 403 g/mol. The van der Waals surface area contributed by atoms with E-state index in [9.17, 15) is 0 Å². The first kappa shape index (κ1) is 22.0. The Bertz CT molecular complexity index is 466. The quantitative estimate of drug-likeness (QED) is 0.375. The maximum absolute atomic E-state index is 5.36. The molecule has 0 aromatic heterocycles. The van der Waals surface area contributed by atoms with Crippen molar-refractivity contribution in [2.24, 2.45) is 4.99 Å². The number of nitrogens with one attached hydrogen (secondary N) is 2. The highest BCUT2D eigenvalue weighted by Crippen LogP contribution is 2.16. The molecule has 0 saturated carbocycles. The lowest BCUT2D eigenvalue weighted by molar-refractivity contribution is 0.237. The lowest BCUT2D eigenvalue weighted by atomic mass is 10.2.